The van der Waals surface area contributed by atoms with Crippen LogP contribution in [0.2, 0.25) is 0 Å². The molecule has 0 aliphatic heterocycles. The van der Waals surface area contributed by atoms with Gasteiger partial charge >= 0.3 is 0 Å². The summed E-state index contributed by atoms with van der Waals surface area (Å²) in [6, 6.07) is 0. The van der Waals surface area contributed by atoms with Gasteiger partial charge in [0.1, 0.15) is 12.1 Å². The molecule has 0 radical (unpaired) electrons. The number of carbonyl (C=O) groups is 1. The molecule has 2 aromatic rings. The normalized spacial score (nSPS) is 11.3. The number of hydrogen-bond acceptors (Lipinski definition) is 4. The van der Waals surface area contributed by atoms with E-state index in [-0.39, 0.29) is 18.0 Å². The van der Waals surface area contributed by atoms with Crippen molar-refractivity contribution in [3.8, 4) is 0 Å². The third kappa shape index (κ3) is 1.99. The zero-order valence-corrected chi connectivity index (χ0v) is 10.5. The van der Waals surface area contributed by atoms with Crippen LogP contribution < -0.4 is 11.3 Å². The van der Waals surface area contributed by atoms with Crippen LogP contribution in [0.5, 0.6) is 0 Å². The Morgan fingerprint density at radius 1 is 1.44 bits per heavy atom. The van der Waals surface area contributed by atoms with Gasteiger partial charge in [-0.05, 0) is 5.92 Å². The lowest BCUT2D eigenvalue weighted by Crippen LogP contribution is -2.31. The second kappa shape index (κ2) is 4.25. The first-order valence-electron chi connectivity index (χ1n) is 5.62. The molecule has 96 valence electrons. The Morgan fingerprint density at radius 3 is 2.67 bits per heavy atom. The number of nitrogens with zero attached hydrogens (tertiary/aromatic N) is 4. The largest absolute Gasteiger partial charge is 0.368 e. The average Bonchev–Trinajstić information content (AvgIpc) is 2.63. The molecule has 2 N–H and O–H groups in total. The minimum absolute atomic E-state index is 0.0992. The van der Waals surface area contributed by atoms with Crippen molar-refractivity contribution >= 4 is 16.8 Å². The van der Waals surface area contributed by atoms with E-state index in [0.717, 1.165) is 4.68 Å². The highest BCUT2D eigenvalue weighted by atomic mass is 16.2. The van der Waals surface area contributed by atoms with E-state index in [2.05, 4.69) is 10.2 Å². The average molecular weight is 249 g/mol. The van der Waals surface area contributed by atoms with Crippen LogP contribution in [0.4, 0.5) is 0 Å². The molecule has 2 heterocycles. The summed E-state index contributed by atoms with van der Waals surface area (Å²) in [5.41, 5.74) is 6.03. The highest BCUT2D eigenvalue weighted by Crippen LogP contribution is 2.18. The summed E-state index contributed by atoms with van der Waals surface area (Å²) < 4.78 is 2.66. The molecule has 2 aromatic heterocycles. The van der Waals surface area contributed by atoms with E-state index in [1.165, 1.54) is 0 Å². The Balaban J connectivity index is 2.78. The number of hydrogen-bond donors (Lipinski definition) is 1. The van der Waals surface area contributed by atoms with Gasteiger partial charge < -0.3 is 5.73 Å². The van der Waals surface area contributed by atoms with Crippen LogP contribution in [-0.4, -0.2) is 25.5 Å². The van der Waals surface area contributed by atoms with Crippen LogP contribution in [0, 0.1) is 0 Å². The lowest BCUT2D eigenvalue weighted by Gasteiger charge is -2.08. The zero-order chi connectivity index (χ0) is 13.4. The quantitative estimate of drug-likeness (QED) is 0.810. The summed E-state index contributed by atoms with van der Waals surface area (Å²) in [6.45, 7) is 3.69. The predicted octanol–water partition coefficient (Wildman–Crippen LogP) is -0.261. The van der Waals surface area contributed by atoms with E-state index in [1.807, 2.05) is 13.8 Å². The van der Waals surface area contributed by atoms with Gasteiger partial charge in [-0.3, -0.25) is 14.3 Å². The molecular weight excluding hydrogens is 234 g/mol. The Hall–Kier alpha value is -2.18. The summed E-state index contributed by atoms with van der Waals surface area (Å²) in [6.07, 6.45) is 1.63. The Kier molecular flexibility index (Phi) is 2.90. The van der Waals surface area contributed by atoms with Gasteiger partial charge in [0, 0.05) is 13.2 Å². The third-order valence-corrected chi connectivity index (χ3v) is 2.62. The Morgan fingerprint density at radius 2 is 2.11 bits per heavy atom. The molecule has 18 heavy (non-hydrogen) atoms. The highest BCUT2D eigenvalue weighted by Gasteiger charge is 2.16. The first-order chi connectivity index (χ1) is 8.40. The van der Waals surface area contributed by atoms with Gasteiger partial charge in [0.15, 0.2) is 0 Å². The highest BCUT2D eigenvalue weighted by molar-refractivity contribution is 5.80. The lowest BCUT2D eigenvalue weighted by molar-refractivity contribution is -0.118. The fourth-order valence-corrected chi connectivity index (χ4v) is 1.84. The summed E-state index contributed by atoms with van der Waals surface area (Å²) in [4.78, 5) is 23.0. The molecule has 0 aliphatic rings. The van der Waals surface area contributed by atoms with Crippen molar-refractivity contribution in [2.24, 2.45) is 12.8 Å². The summed E-state index contributed by atoms with van der Waals surface area (Å²) >= 11 is 0. The molecule has 0 saturated heterocycles. The molecule has 0 unspecified atom stereocenters. The Bertz CT molecular complexity index is 668. The van der Waals surface area contributed by atoms with Crippen molar-refractivity contribution in [3.63, 3.8) is 0 Å². The number of aryl methyl sites for hydroxylation is 1. The number of amides is 1. The fourth-order valence-electron chi connectivity index (χ4n) is 1.84. The zero-order valence-electron chi connectivity index (χ0n) is 10.5. The lowest BCUT2D eigenvalue weighted by atomic mass is 10.1. The molecule has 0 atom stereocenters. The number of rotatable bonds is 3. The second-order valence-electron chi connectivity index (χ2n) is 4.53. The molecule has 0 spiro atoms. The monoisotopic (exact) mass is 249 g/mol. The van der Waals surface area contributed by atoms with Crippen molar-refractivity contribution in [1.82, 2.24) is 19.6 Å². The molecule has 7 heteroatoms. The molecule has 0 aromatic carbocycles. The number of carbonyl (C=O) groups excluding carboxylic acids is 1. The van der Waals surface area contributed by atoms with Crippen LogP contribution in [0.3, 0.4) is 0 Å². The van der Waals surface area contributed by atoms with Crippen LogP contribution in [0.15, 0.2) is 11.0 Å². The van der Waals surface area contributed by atoms with E-state index >= 15 is 0 Å². The SMILES string of the molecule is CC(C)c1nn(CC(N)=O)c(=O)c2cn(C)nc12. The van der Waals surface area contributed by atoms with E-state index in [0.29, 0.717) is 16.6 Å². The molecule has 1 amide bonds. The van der Waals surface area contributed by atoms with Crippen molar-refractivity contribution < 1.29 is 4.79 Å². The van der Waals surface area contributed by atoms with Gasteiger partial charge in [0.05, 0.1) is 11.1 Å². The smallest absolute Gasteiger partial charge is 0.278 e. The molecule has 2 rings (SSSR count). The van der Waals surface area contributed by atoms with Crippen LogP contribution in [0.1, 0.15) is 25.5 Å². The van der Waals surface area contributed by atoms with Gasteiger partial charge in [-0.15, -0.1) is 0 Å². The topological polar surface area (TPSA) is 95.8 Å². The van der Waals surface area contributed by atoms with E-state index in [9.17, 15) is 9.59 Å². The molecule has 7 nitrogen and oxygen atoms in total. The molecular formula is C11H15N5O2. The number of primary amides is 1. The van der Waals surface area contributed by atoms with E-state index in [4.69, 9.17) is 5.73 Å². The predicted molar refractivity (Wildman–Crippen MR) is 66.1 cm³/mol. The standard InChI is InChI=1S/C11H15N5O2/c1-6(2)9-10-7(4-15(3)13-10)11(18)16(14-9)5-8(12)17/h4,6H,5H2,1-3H3,(H2,12,17). The molecule has 0 fully saturated rings. The first-order valence-corrected chi connectivity index (χ1v) is 5.62. The van der Waals surface area contributed by atoms with Crippen LogP contribution >= 0.6 is 0 Å². The minimum Gasteiger partial charge on any atom is -0.368 e. The van der Waals surface area contributed by atoms with Crippen molar-refractivity contribution in [3.05, 3.63) is 22.2 Å². The van der Waals surface area contributed by atoms with Gasteiger partial charge in [-0.1, -0.05) is 13.8 Å². The summed E-state index contributed by atoms with van der Waals surface area (Å²) in [5.74, 6) is -0.496. The first kappa shape index (κ1) is 12.3. The molecule has 0 saturated carbocycles. The minimum atomic E-state index is -0.595. The van der Waals surface area contributed by atoms with Crippen LogP contribution in [-0.2, 0) is 18.4 Å². The fraction of sp³-hybridized carbons (Fsp3) is 0.455. The molecule has 0 bridgehead atoms. The number of aromatic nitrogens is 4. The Labute approximate surface area is 103 Å². The van der Waals surface area contributed by atoms with Crippen molar-refractivity contribution in [1.29, 1.82) is 0 Å². The van der Waals surface area contributed by atoms with E-state index < -0.39 is 5.91 Å². The number of nitrogens with two attached hydrogens (primary N) is 1. The summed E-state index contributed by atoms with van der Waals surface area (Å²) in [7, 11) is 1.74. The van der Waals surface area contributed by atoms with Crippen molar-refractivity contribution in [2.75, 3.05) is 0 Å². The van der Waals surface area contributed by atoms with E-state index in [1.54, 1.807) is 17.9 Å². The van der Waals surface area contributed by atoms with Crippen molar-refractivity contribution in [2.45, 2.75) is 26.3 Å². The third-order valence-electron chi connectivity index (χ3n) is 2.62. The van der Waals surface area contributed by atoms with Gasteiger partial charge in [0.25, 0.3) is 5.56 Å². The molecule has 0 aliphatic carbocycles. The second-order valence-corrected chi connectivity index (χ2v) is 4.53. The van der Waals surface area contributed by atoms with Gasteiger partial charge in [-0.25, -0.2) is 4.68 Å². The van der Waals surface area contributed by atoms with Crippen LogP contribution in [0.25, 0.3) is 10.9 Å². The summed E-state index contributed by atoms with van der Waals surface area (Å²) in [5, 5.41) is 8.88. The van der Waals surface area contributed by atoms with Gasteiger partial charge in [-0.2, -0.15) is 10.2 Å². The van der Waals surface area contributed by atoms with Gasteiger partial charge in [0.2, 0.25) is 5.91 Å². The number of fused-ring (bicyclic) bond motifs is 1. The maximum atomic E-state index is 12.1. The maximum absolute atomic E-state index is 12.1. The maximum Gasteiger partial charge on any atom is 0.278 e.